The summed E-state index contributed by atoms with van der Waals surface area (Å²) in [6, 6.07) is 14.8. The molecule has 0 aliphatic carbocycles. The zero-order valence-corrected chi connectivity index (χ0v) is 18.1. The number of H-pyrrole nitrogens is 1. The number of hydrogen-bond donors (Lipinski definition) is 2. The third-order valence-electron chi connectivity index (χ3n) is 6.00. The Hall–Kier alpha value is -3.91. The molecule has 1 aromatic carbocycles. The first-order chi connectivity index (χ1) is 16.3. The molecule has 0 amide bonds. The number of ether oxygens (including phenoxy) is 1. The van der Waals surface area contributed by atoms with Gasteiger partial charge in [0.2, 0.25) is 0 Å². The highest BCUT2D eigenvalue weighted by molar-refractivity contribution is 5.85. The lowest BCUT2D eigenvalue weighted by Crippen LogP contribution is -2.30. The van der Waals surface area contributed by atoms with Gasteiger partial charge in [0.25, 0.3) is 0 Å². The summed E-state index contributed by atoms with van der Waals surface area (Å²) in [5.41, 5.74) is 6.11. The topological polar surface area (TPSA) is 93.8 Å². The minimum absolute atomic E-state index is 0.368. The molecule has 1 aliphatic rings. The molecule has 4 aromatic heterocycles. The van der Waals surface area contributed by atoms with Gasteiger partial charge in [-0.05, 0) is 29.3 Å². The second-order valence-corrected chi connectivity index (χ2v) is 8.27. The average Bonchev–Trinajstić information content (AvgIpc) is 3.56. The van der Waals surface area contributed by atoms with Crippen molar-refractivity contribution >= 4 is 16.9 Å². The first kappa shape index (κ1) is 19.8. The summed E-state index contributed by atoms with van der Waals surface area (Å²) in [5, 5.41) is 8.00. The van der Waals surface area contributed by atoms with Crippen LogP contribution in [0.3, 0.4) is 0 Å². The lowest BCUT2D eigenvalue weighted by molar-refractivity contribution is -0.0286. The summed E-state index contributed by atoms with van der Waals surface area (Å²) in [5.74, 6) is 1.86. The van der Waals surface area contributed by atoms with Crippen molar-refractivity contribution in [3.05, 3.63) is 84.5 Å². The van der Waals surface area contributed by atoms with Crippen LogP contribution >= 0.6 is 0 Å². The van der Waals surface area contributed by atoms with Gasteiger partial charge in [0, 0.05) is 37.3 Å². The molecular weight excluding hydrogens is 416 g/mol. The lowest BCUT2D eigenvalue weighted by Gasteiger charge is -2.25. The maximum Gasteiger partial charge on any atom is 0.179 e. The van der Waals surface area contributed by atoms with Gasteiger partial charge >= 0.3 is 0 Å². The molecule has 2 N–H and O–H groups in total. The molecule has 166 valence electrons. The number of imidazole rings is 1. The maximum atomic E-state index is 5.42. The van der Waals surface area contributed by atoms with Gasteiger partial charge in [-0.2, -0.15) is 5.10 Å². The molecule has 8 heteroatoms. The standard InChI is InChI=1S/C25H24N6O2/c1-2-21(33-11-1)7-8-23-29-24-22(9-10-26-25(24)30-23)27-12-17-3-5-18(6-4-17)19-13-28-31(14-19)20-15-32-16-20/h1-6,9-11,13-14,20H,7-8,12,15-16H2,(H2,26,27,29,30). The van der Waals surface area contributed by atoms with Crippen molar-refractivity contribution in [2.24, 2.45) is 0 Å². The predicted molar refractivity (Wildman–Crippen MR) is 125 cm³/mol. The van der Waals surface area contributed by atoms with E-state index in [2.05, 4.69) is 55.8 Å². The number of furan rings is 1. The van der Waals surface area contributed by atoms with Gasteiger partial charge in [-0.3, -0.25) is 4.68 Å². The lowest BCUT2D eigenvalue weighted by atomic mass is 10.1. The molecule has 1 fully saturated rings. The van der Waals surface area contributed by atoms with E-state index in [1.165, 1.54) is 5.56 Å². The Labute approximate surface area is 190 Å². The third kappa shape index (κ3) is 4.12. The van der Waals surface area contributed by atoms with Crippen LogP contribution in [0.25, 0.3) is 22.3 Å². The smallest absolute Gasteiger partial charge is 0.179 e. The van der Waals surface area contributed by atoms with E-state index < -0.39 is 0 Å². The molecular formula is C25H24N6O2. The van der Waals surface area contributed by atoms with Gasteiger partial charge in [-0.25, -0.2) is 9.97 Å². The number of aryl methyl sites for hydroxylation is 2. The second kappa shape index (κ2) is 8.55. The second-order valence-electron chi connectivity index (χ2n) is 8.27. The Kier molecular flexibility index (Phi) is 5.12. The summed E-state index contributed by atoms with van der Waals surface area (Å²) < 4.78 is 12.7. The van der Waals surface area contributed by atoms with Crippen molar-refractivity contribution in [3.63, 3.8) is 0 Å². The first-order valence-corrected chi connectivity index (χ1v) is 11.1. The van der Waals surface area contributed by atoms with E-state index in [0.717, 1.165) is 65.6 Å². The van der Waals surface area contributed by atoms with Crippen molar-refractivity contribution in [2.75, 3.05) is 18.5 Å². The Morgan fingerprint density at radius 3 is 2.76 bits per heavy atom. The van der Waals surface area contributed by atoms with Crippen LogP contribution < -0.4 is 5.32 Å². The molecule has 0 radical (unpaired) electrons. The molecule has 5 heterocycles. The number of anilines is 1. The Morgan fingerprint density at radius 1 is 1.06 bits per heavy atom. The summed E-state index contributed by atoms with van der Waals surface area (Å²) in [6.07, 6.45) is 9.07. The molecule has 1 saturated heterocycles. The van der Waals surface area contributed by atoms with Crippen LogP contribution in [0.15, 0.2) is 71.7 Å². The highest BCUT2D eigenvalue weighted by Gasteiger charge is 2.21. The van der Waals surface area contributed by atoms with Crippen molar-refractivity contribution in [3.8, 4) is 11.1 Å². The minimum atomic E-state index is 0.368. The number of rotatable bonds is 8. The number of benzene rings is 1. The molecule has 1 aliphatic heterocycles. The minimum Gasteiger partial charge on any atom is -0.469 e. The summed E-state index contributed by atoms with van der Waals surface area (Å²) in [4.78, 5) is 12.5. The first-order valence-electron chi connectivity index (χ1n) is 11.1. The highest BCUT2D eigenvalue weighted by Crippen LogP contribution is 2.24. The number of nitrogens with one attached hydrogen (secondary N) is 2. The van der Waals surface area contributed by atoms with Crippen molar-refractivity contribution in [1.82, 2.24) is 24.7 Å². The molecule has 6 rings (SSSR count). The van der Waals surface area contributed by atoms with Crippen molar-refractivity contribution in [2.45, 2.75) is 25.4 Å². The number of pyridine rings is 1. The van der Waals surface area contributed by atoms with Crippen molar-refractivity contribution in [1.29, 1.82) is 0 Å². The van der Waals surface area contributed by atoms with Gasteiger partial charge < -0.3 is 19.5 Å². The fourth-order valence-corrected chi connectivity index (χ4v) is 4.00. The number of aromatic amines is 1. The maximum absolute atomic E-state index is 5.42. The van der Waals surface area contributed by atoms with Crippen LogP contribution in [0.2, 0.25) is 0 Å². The van der Waals surface area contributed by atoms with Gasteiger partial charge in [-0.1, -0.05) is 24.3 Å². The van der Waals surface area contributed by atoms with Gasteiger partial charge in [-0.15, -0.1) is 0 Å². The highest BCUT2D eigenvalue weighted by atomic mass is 16.5. The molecule has 8 nitrogen and oxygen atoms in total. The Morgan fingerprint density at radius 2 is 1.97 bits per heavy atom. The van der Waals surface area contributed by atoms with Crippen LogP contribution in [0.1, 0.15) is 23.2 Å². The van der Waals surface area contributed by atoms with Gasteiger partial charge in [0.1, 0.15) is 17.1 Å². The summed E-state index contributed by atoms with van der Waals surface area (Å²) in [6.45, 7) is 2.20. The van der Waals surface area contributed by atoms with E-state index in [0.29, 0.717) is 12.6 Å². The van der Waals surface area contributed by atoms with Crippen LogP contribution in [-0.4, -0.2) is 37.9 Å². The van der Waals surface area contributed by atoms with Gasteiger partial charge in [0.05, 0.1) is 37.4 Å². The molecule has 5 aromatic rings. The third-order valence-corrected chi connectivity index (χ3v) is 6.00. The zero-order valence-electron chi connectivity index (χ0n) is 18.1. The Balaban J connectivity index is 1.12. The van der Waals surface area contributed by atoms with E-state index in [9.17, 15) is 0 Å². The molecule has 0 spiro atoms. The fourth-order valence-electron chi connectivity index (χ4n) is 4.00. The van der Waals surface area contributed by atoms with E-state index in [4.69, 9.17) is 9.15 Å². The predicted octanol–water partition coefficient (Wildman–Crippen LogP) is 4.38. The molecule has 0 unspecified atom stereocenters. The zero-order chi connectivity index (χ0) is 22.0. The van der Waals surface area contributed by atoms with Crippen LogP contribution in [0.4, 0.5) is 5.69 Å². The summed E-state index contributed by atoms with van der Waals surface area (Å²) >= 11 is 0. The average molecular weight is 441 g/mol. The molecule has 33 heavy (non-hydrogen) atoms. The SMILES string of the molecule is c1coc(CCc2nc3nccc(NCc4ccc(-c5cnn(C6COC6)c5)cc4)c3[nH]2)c1. The quantitative estimate of drug-likeness (QED) is 0.372. The largest absolute Gasteiger partial charge is 0.469 e. The fraction of sp³-hybridized carbons (Fsp3) is 0.240. The summed E-state index contributed by atoms with van der Waals surface area (Å²) in [7, 11) is 0. The van der Waals surface area contributed by atoms with Crippen molar-refractivity contribution < 1.29 is 9.15 Å². The number of fused-ring (bicyclic) bond motifs is 1. The van der Waals surface area contributed by atoms with Gasteiger partial charge in [0.15, 0.2) is 5.65 Å². The monoisotopic (exact) mass is 440 g/mol. The molecule has 0 saturated carbocycles. The Bertz CT molecular complexity index is 1350. The van der Waals surface area contributed by atoms with E-state index in [1.54, 1.807) is 12.5 Å². The molecule has 0 atom stereocenters. The van der Waals surface area contributed by atoms with Crippen LogP contribution in [0.5, 0.6) is 0 Å². The number of aromatic nitrogens is 5. The van der Waals surface area contributed by atoms with Crippen LogP contribution in [0, 0.1) is 0 Å². The number of hydrogen-bond acceptors (Lipinski definition) is 6. The van der Waals surface area contributed by atoms with E-state index >= 15 is 0 Å². The molecule has 0 bridgehead atoms. The van der Waals surface area contributed by atoms with E-state index in [1.807, 2.05) is 29.1 Å². The number of nitrogens with zero attached hydrogens (tertiary/aromatic N) is 4. The normalized spacial score (nSPS) is 13.9. The van der Waals surface area contributed by atoms with E-state index in [-0.39, 0.29) is 0 Å². The van der Waals surface area contributed by atoms with Crippen LogP contribution in [-0.2, 0) is 24.1 Å².